The van der Waals surface area contributed by atoms with Crippen molar-refractivity contribution in [3.8, 4) is 0 Å². The third kappa shape index (κ3) is 4.09. The van der Waals surface area contributed by atoms with E-state index in [0.717, 1.165) is 0 Å². The Labute approximate surface area is 110 Å². The van der Waals surface area contributed by atoms with Crippen LogP contribution >= 0.6 is 23.4 Å². The number of nitrogens with one attached hydrogen (secondary N) is 1. The van der Waals surface area contributed by atoms with Crippen LogP contribution in [0.4, 0.5) is 11.4 Å². The number of nitro benzene ring substituents is 1. The normalized spacial score (nSPS) is 11.3. The fourth-order valence-corrected chi connectivity index (χ4v) is 1.57. The molecule has 0 radical (unpaired) electrons. The van der Waals surface area contributed by atoms with Gasteiger partial charge < -0.3 is 5.32 Å². The maximum Gasteiger partial charge on any atom is 0.293 e. The summed E-state index contributed by atoms with van der Waals surface area (Å²) in [7, 11) is 0. The number of halogens is 1. The molecular formula is C11H15ClN2O2S. The molecule has 0 fully saturated rings. The predicted octanol–water partition coefficient (Wildman–Crippen LogP) is 3.80. The molecule has 94 valence electrons. The zero-order valence-electron chi connectivity index (χ0n) is 9.99. The minimum absolute atomic E-state index is 0.00871. The zero-order valence-corrected chi connectivity index (χ0v) is 11.6. The van der Waals surface area contributed by atoms with Crippen molar-refractivity contribution in [1.29, 1.82) is 0 Å². The summed E-state index contributed by atoms with van der Waals surface area (Å²) in [5.74, 6) is 0. The molecule has 0 aliphatic carbocycles. The summed E-state index contributed by atoms with van der Waals surface area (Å²) in [6.45, 7) is 4.80. The van der Waals surface area contributed by atoms with E-state index in [1.54, 1.807) is 23.9 Å². The van der Waals surface area contributed by atoms with Crippen molar-refractivity contribution < 1.29 is 4.92 Å². The summed E-state index contributed by atoms with van der Waals surface area (Å²) < 4.78 is 0.0213. The number of nitrogens with zero attached hydrogens (tertiary/aromatic N) is 1. The first-order valence-electron chi connectivity index (χ1n) is 5.09. The molecule has 0 saturated heterocycles. The molecule has 0 aromatic heterocycles. The van der Waals surface area contributed by atoms with Gasteiger partial charge in [-0.15, -0.1) is 0 Å². The van der Waals surface area contributed by atoms with Gasteiger partial charge in [0.1, 0.15) is 5.69 Å². The average Bonchev–Trinajstić information content (AvgIpc) is 2.27. The molecule has 0 atom stereocenters. The Morgan fingerprint density at radius 1 is 1.53 bits per heavy atom. The second kappa shape index (κ2) is 5.60. The van der Waals surface area contributed by atoms with E-state index in [9.17, 15) is 10.1 Å². The quantitative estimate of drug-likeness (QED) is 0.655. The van der Waals surface area contributed by atoms with Crippen molar-refractivity contribution in [2.45, 2.75) is 18.6 Å². The van der Waals surface area contributed by atoms with Crippen LogP contribution in [0.3, 0.4) is 0 Å². The molecule has 1 N–H and O–H groups in total. The van der Waals surface area contributed by atoms with E-state index in [2.05, 4.69) is 19.2 Å². The molecule has 0 aliphatic heterocycles. The van der Waals surface area contributed by atoms with E-state index in [1.807, 2.05) is 6.26 Å². The maximum absolute atomic E-state index is 10.9. The fraction of sp³-hybridized carbons (Fsp3) is 0.455. The van der Waals surface area contributed by atoms with Crippen molar-refractivity contribution in [2.24, 2.45) is 0 Å². The summed E-state index contributed by atoms with van der Waals surface area (Å²) in [6.07, 6.45) is 2.01. The Bertz CT molecular complexity index is 424. The first-order valence-corrected chi connectivity index (χ1v) is 6.69. The number of thioether (sulfide) groups is 1. The Morgan fingerprint density at radius 3 is 2.71 bits per heavy atom. The third-order valence-electron chi connectivity index (χ3n) is 2.41. The largest absolute Gasteiger partial charge is 0.378 e. The summed E-state index contributed by atoms with van der Waals surface area (Å²) in [5, 5.41) is 14.3. The smallest absolute Gasteiger partial charge is 0.293 e. The van der Waals surface area contributed by atoms with Gasteiger partial charge in [0.2, 0.25) is 0 Å². The lowest BCUT2D eigenvalue weighted by molar-refractivity contribution is -0.383. The van der Waals surface area contributed by atoms with E-state index in [4.69, 9.17) is 11.6 Å². The molecule has 1 rings (SSSR count). The van der Waals surface area contributed by atoms with Crippen LogP contribution in [0.1, 0.15) is 13.8 Å². The van der Waals surface area contributed by atoms with Crippen LogP contribution in [0.15, 0.2) is 18.2 Å². The second-order valence-corrected chi connectivity index (χ2v) is 6.19. The molecule has 0 aliphatic rings. The Hall–Kier alpha value is -0.940. The van der Waals surface area contributed by atoms with Gasteiger partial charge >= 0.3 is 0 Å². The Kier molecular flexibility index (Phi) is 4.65. The predicted molar refractivity (Wildman–Crippen MR) is 74.2 cm³/mol. The van der Waals surface area contributed by atoms with Crippen molar-refractivity contribution >= 4 is 34.7 Å². The van der Waals surface area contributed by atoms with Crippen LogP contribution in [-0.2, 0) is 0 Å². The number of rotatable bonds is 5. The fourth-order valence-electron chi connectivity index (χ4n) is 1.19. The van der Waals surface area contributed by atoms with E-state index >= 15 is 0 Å². The molecule has 0 spiro atoms. The molecule has 1 aromatic carbocycles. The van der Waals surface area contributed by atoms with Crippen molar-refractivity contribution in [3.63, 3.8) is 0 Å². The van der Waals surface area contributed by atoms with Gasteiger partial charge in [0, 0.05) is 22.4 Å². The molecule has 1 aromatic rings. The van der Waals surface area contributed by atoms with E-state index in [1.165, 1.54) is 6.07 Å². The summed E-state index contributed by atoms with van der Waals surface area (Å²) >= 11 is 7.45. The number of hydrogen-bond donors (Lipinski definition) is 1. The van der Waals surface area contributed by atoms with Gasteiger partial charge in [-0.25, -0.2) is 0 Å². The highest BCUT2D eigenvalue weighted by atomic mass is 35.5. The Morgan fingerprint density at radius 2 is 2.18 bits per heavy atom. The molecule has 0 amide bonds. The molecular weight excluding hydrogens is 260 g/mol. The number of nitro groups is 1. The van der Waals surface area contributed by atoms with Gasteiger partial charge in [0.25, 0.3) is 5.69 Å². The highest BCUT2D eigenvalue weighted by Crippen LogP contribution is 2.29. The van der Waals surface area contributed by atoms with Gasteiger partial charge in [0.05, 0.1) is 4.92 Å². The van der Waals surface area contributed by atoms with Crippen molar-refractivity contribution in [1.82, 2.24) is 0 Å². The van der Waals surface area contributed by atoms with Crippen LogP contribution in [0.2, 0.25) is 5.02 Å². The molecule has 0 saturated carbocycles. The maximum atomic E-state index is 10.9. The standard InChI is InChI=1S/C11H15ClN2O2S/c1-11(2,17-3)7-13-9-5-4-8(12)6-10(9)14(15)16/h4-6,13H,7H2,1-3H3. The first-order chi connectivity index (χ1) is 7.85. The summed E-state index contributed by atoms with van der Waals surface area (Å²) in [6, 6.07) is 4.63. The first kappa shape index (κ1) is 14.1. The van der Waals surface area contributed by atoms with Crippen molar-refractivity contribution in [2.75, 3.05) is 18.1 Å². The minimum Gasteiger partial charge on any atom is -0.378 e. The minimum atomic E-state index is -0.430. The number of anilines is 1. The lowest BCUT2D eigenvalue weighted by Crippen LogP contribution is -2.26. The molecule has 0 bridgehead atoms. The van der Waals surface area contributed by atoms with Crippen LogP contribution in [-0.4, -0.2) is 22.5 Å². The van der Waals surface area contributed by atoms with Gasteiger partial charge in [-0.2, -0.15) is 11.8 Å². The van der Waals surface area contributed by atoms with E-state index < -0.39 is 4.92 Å². The van der Waals surface area contributed by atoms with Gasteiger partial charge in [-0.1, -0.05) is 11.6 Å². The molecule has 0 unspecified atom stereocenters. The van der Waals surface area contributed by atoms with Gasteiger partial charge in [-0.05, 0) is 32.2 Å². The van der Waals surface area contributed by atoms with E-state index in [0.29, 0.717) is 17.3 Å². The van der Waals surface area contributed by atoms with Gasteiger partial charge in [-0.3, -0.25) is 10.1 Å². The lowest BCUT2D eigenvalue weighted by atomic mass is 10.2. The molecule has 17 heavy (non-hydrogen) atoms. The van der Waals surface area contributed by atoms with Crippen LogP contribution in [0.25, 0.3) is 0 Å². The van der Waals surface area contributed by atoms with Crippen LogP contribution in [0.5, 0.6) is 0 Å². The average molecular weight is 275 g/mol. The van der Waals surface area contributed by atoms with Gasteiger partial charge in [0.15, 0.2) is 0 Å². The SMILES string of the molecule is CSC(C)(C)CNc1ccc(Cl)cc1[N+](=O)[O-]. The van der Waals surface area contributed by atoms with Crippen molar-refractivity contribution in [3.05, 3.63) is 33.3 Å². The summed E-state index contributed by atoms with van der Waals surface area (Å²) in [5.41, 5.74) is 0.510. The third-order valence-corrected chi connectivity index (χ3v) is 3.90. The lowest BCUT2D eigenvalue weighted by Gasteiger charge is -2.22. The zero-order chi connectivity index (χ0) is 13.1. The topological polar surface area (TPSA) is 55.2 Å². The number of benzene rings is 1. The van der Waals surface area contributed by atoms with Crippen LogP contribution in [0, 0.1) is 10.1 Å². The number of hydrogen-bond acceptors (Lipinski definition) is 4. The second-order valence-electron chi connectivity index (χ2n) is 4.24. The summed E-state index contributed by atoms with van der Waals surface area (Å²) in [4.78, 5) is 10.4. The van der Waals surface area contributed by atoms with Crippen LogP contribution < -0.4 is 5.32 Å². The monoisotopic (exact) mass is 274 g/mol. The van der Waals surface area contributed by atoms with E-state index in [-0.39, 0.29) is 10.4 Å². The Balaban J connectivity index is 2.88. The highest BCUT2D eigenvalue weighted by Gasteiger charge is 2.19. The highest BCUT2D eigenvalue weighted by molar-refractivity contribution is 7.99. The molecule has 4 nitrogen and oxygen atoms in total. The molecule has 6 heteroatoms. The molecule has 0 heterocycles.